The van der Waals surface area contributed by atoms with Gasteiger partial charge in [-0.05, 0) is 42.0 Å². The van der Waals surface area contributed by atoms with Gasteiger partial charge in [0.15, 0.2) is 0 Å². The zero-order chi connectivity index (χ0) is 20.3. The fourth-order valence-corrected chi connectivity index (χ4v) is 5.09. The first-order valence-corrected chi connectivity index (χ1v) is 11.3. The van der Waals surface area contributed by atoms with Gasteiger partial charge in [-0.15, -0.1) is 0 Å². The largest absolute Gasteiger partial charge is 0.368 e. The molecule has 0 radical (unpaired) electrons. The van der Waals surface area contributed by atoms with Crippen LogP contribution in [0.25, 0.3) is 0 Å². The van der Waals surface area contributed by atoms with E-state index in [9.17, 15) is 4.79 Å². The highest BCUT2D eigenvalue weighted by Gasteiger charge is 2.33. The number of rotatable bonds is 3. The molecule has 5 nitrogen and oxygen atoms in total. The lowest BCUT2D eigenvalue weighted by atomic mass is 9.97. The number of hydrogen-bond donors (Lipinski definition) is 0. The van der Waals surface area contributed by atoms with Crippen LogP contribution in [0, 0.1) is 0 Å². The number of hydrazone groups is 1. The van der Waals surface area contributed by atoms with Crippen LogP contribution in [0.15, 0.2) is 59.7 Å². The lowest BCUT2D eigenvalue weighted by molar-refractivity contribution is 0.139. The molecule has 156 valence electrons. The number of nitrogens with zero attached hydrogens (tertiary/aromatic N) is 4. The molecule has 1 saturated carbocycles. The Bertz CT molecular complexity index is 898. The number of benzene rings is 2. The second-order valence-corrected chi connectivity index (χ2v) is 8.64. The molecule has 1 aliphatic carbocycles. The van der Waals surface area contributed by atoms with E-state index < -0.39 is 0 Å². The van der Waals surface area contributed by atoms with Gasteiger partial charge in [0.1, 0.15) is 0 Å². The number of carbonyl (C=O) groups excluding carboxylic acids is 1. The molecular weight excluding hydrogens is 372 g/mol. The van der Waals surface area contributed by atoms with Crippen molar-refractivity contribution in [2.75, 3.05) is 31.1 Å². The molecule has 2 fully saturated rings. The first-order chi connectivity index (χ1) is 14.8. The predicted molar refractivity (Wildman–Crippen MR) is 121 cm³/mol. The molecule has 1 saturated heterocycles. The van der Waals surface area contributed by atoms with Gasteiger partial charge in [-0.25, -0.2) is 9.80 Å². The maximum absolute atomic E-state index is 13.2. The zero-order valence-electron chi connectivity index (χ0n) is 17.5. The van der Waals surface area contributed by atoms with Crippen molar-refractivity contribution < 1.29 is 4.79 Å². The van der Waals surface area contributed by atoms with E-state index in [1.807, 2.05) is 29.3 Å². The van der Waals surface area contributed by atoms with Crippen LogP contribution < -0.4 is 4.90 Å². The van der Waals surface area contributed by atoms with Crippen LogP contribution in [-0.2, 0) is 0 Å². The Morgan fingerprint density at radius 1 is 0.867 bits per heavy atom. The van der Waals surface area contributed by atoms with Gasteiger partial charge in [0.05, 0.1) is 6.04 Å². The molecule has 5 heteroatoms. The average molecular weight is 403 g/mol. The van der Waals surface area contributed by atoms with Crippen LogP contribution in [0.1, 0.15) is 55.2 Å². The van der Waals surface area contributed by atoms with Crippen LogP contribution >= 0.6 is 0 Å². The molecule has 0 aromatic heterocycles. The molecule has 0 bridgehead atoms. The van der Waals surface area contributed by atoms with Crippen LogP contribution in [0.2, 0.25) is 0 Å². The van der Waals surface area contributed by atoms with Crippen molar-refractivity contribution in [3.8, 4) is 0 Å². The molecule has 5 rings (SSSR count). The Morgan fingerprint density at radius 3 is 2.37 bits per heavy atom. The maximum atomic E-state index is 13.2. The van der Waals surface area contributed by atoms with Crippen molar-refractivity contribution in [2.45, 2.75) is 44.1 Å². The summed E-state index contributed by atoms with van der Waals surface area (Å²) in [6.07, 6.45) is 8.01. The van der Waals surface area contributed by atoms with Gasteiger partial charge < -0.3 is 9.80 Å². The molecule has 30 heavy (non-hydrogen) atoms. The fourth-order valence-electron chi connectivity index (χ4n) is 5.09. The highest BCUT2D eigenvalue weighted by molar-refractivity contribution is 5.78. The summed E-state index contributed by atoms with van der Waals surface area (Å²) in [7, 11) is 0. The van der Waals surface area contributed by atoms with Gasteiger partial charge in [0.25, 0.3) is 0 Å². The summed E-state index contributed by atoms with van der Waals surface area (Å²) in [6.45, 7) is 3.21. The molecule has 2 heterocycles. The van der Waals surface area contributed by atoms with Crippen molar-refractivity contribution in [1.82, 2.24) is 9.91 Å². The molecule has 3 aliphatic rings. The summed E-state index contributed by atoms with van der Waals surface area (Å²) in [4.78, 5) is 17.6. The number of piperazine rings is 1. The highest BCUT2D eigenvalue weighted by Crippen LogP contribution is 2.35. The summed E-state index contributed by atoms with van der Waals surface area (Å²) in [5.41, 5.74) is 3.93. The van der Waals surface area contributed by atoms with Gasteiger partial charge >= 0.3 is 6.03 Å². The van der Waals surface area contributed by atoms with Crippen molar-refractivity contribution in [2.24, 2.45) is 5.10 Å². The molecule has 2 aliphatic heterocycles. The quantitative estimate of drug-likeness (QED) is 0.723. The zero-order valence-corrected chi connectivity index (χ0v) is 17.5. The first kappa shape index (κ1) is 19.2. The third-order valence-corrected chi connectivity index (χ3v) is 6.82. The van der Waals surface area contributed by atoms with E-state index >= 15 is 0 Å². The monoisotopic (exact) mass is 402 g/mol. The van der Waals surface area contributed by atoms with Crippen LogP contribution in [0.5, 0.6) is 0 Å². The normalized spacial score (nSPS) is 22.1. The summed E-state index contributed by atoms with van der Waals surface area (Å²) in [5.74, 6) is 0.732. The number of urea groups is 1. The topological polar surface area (TPSA) is 39.2 Å². The Morgan fingerprint density at radius 2 is 1.60 bits per heavy atom. The van der Waals surface area contributed by atoms with Crippen molar-refractivity contribution in [3.05, 3.63) is 65.7 Å². The van der Waals surface area contributed by atoms with E-state index in [2.05, 4.69) is 46.4 Å². The summed E-state index contributed by atoms with van der Waals surface area (Å²) < 4.78 is 0. The standard InChI is InChI=1S/C25H30N4O/c30-25(29-24(13-14-26-29)21-9-2-1-3-10-21)28-17-15-27(16-18-28)23-12-6-11-22(19-23)20-7-4-5-8-20/h1-3,6,9-12,14,19-20,24H,4-5,7-8,13,15-18H2. The molecular formula is C25H30N4O. The van der Waals surface area contributed by atoms with Crippen molar-refractivity contribution >= 4 is 17.9 Å². The van der Waals surface area contributed by atoms with Gasteiger partial charge in [-0.1, -0.05) is 55.3 Å². The van der Waals surface area contributed by atoms with E-state index in [4.69, 9.17) is 0 Å². The van der Waals surface area contributed by atoms with Crippen LogP contribution in [0.3, 0.4) is 0 Å². The molecule has 2 amide bonds. The lowest BCUT2D eigenvalue weighted by Crippen LogP contribution is -2.52. The Kier molecular flexibility index (Phi) is 5.43. The fraction of sp³-hybridized carbons (Fsp3) is 0.440. The third kappa shape index (κ3) is 3.81. The van der Waals surface area contributed by atoms with Crippen molar-refractivity contribution in [1.29, 1.82) is 0 Å². The third-order valence-electron chi connectivity index (χ3n) is 6.82. The summed E-state index contributed by atoms with van der Waals surface area (Å²) in [6, 6.07) is 19.3. The Labute approximate surface area is 179 Å². The smallest absolute Gasteiger partial charge is 0.341 e. The first-order valence-electron chi connectivity index (χ1n) is 11.3. The van der Waals surface area contributed by atoms with E-state index in [1.54, 1.807) is 5.01 Å². The van der Waals surface area contributed by atoms with Gasteiger partial charge in [0, 0.05) is 44.5 Å². The van der Waals surface area contributed by atoms with E-state index in [0.717, 1.165) is 44.1 Å². The average Bonchev–Trinajstić information content (AvgIpc) is 3.52. The Hall–Kier alpha value is -2.82. The summed E-state index contributed by atoms with van der Waals surface area (Å²) in [5, 5.41) is 6.08. The second-order valence-electron chi connectivity index (χ2n) is 8.64. The molecule has 0 N–H and O–H groups in total. The minimum absolute atomic E-state index is 0.0137. The number of carbonyl (C=O) groups is 1. The van der Waals surface area contributed by atoms with E-state index in [0.29, 0.717) is 0 Å². The van der Waals surface area contributed by atoms with E-state index in [1.165, 1.54) is 36.9 Å². The lowest BCUT2D eigenvalue weighted by Gasteiger charge is -2.38. The molecule has 0 spiro atoms. The number of amides is 2. The number of hydrogen-bond acceptors (Lipinski definition) is 3. The summed E-state index contributed by atoms with van der Waals surface area (Å²) >= 11 is 0. The van der Waals surface area contributed by atoms with Gasteiger partial charge in [-0.2, -0.15) is 5.10 Å². The maximum Gasteiger partial charge on any atom is 0.341 e. The van der Waals surface area contributed by atoms with Crippen LogP contribution in [-0.4, -0.2) is 48.3 Å². The predicted octanol–water partition coefficient (Wildman–Crippen LogP) is 5.02. The molecule has 1 unspecified atom stereocenters. The number of anilines is 1. The minimum Gasteiger partial charge on any atom is -0.368 e. The van der Waals surface area contributed by atoms with Crippen molar-refractivity contribution in [3.63, 3.8) is 0 Å². The SMILES string of the molecule is O=C(N1CCN(c2cccc(C3CCCC3)c2)CC1)N1N=CCC1c1ccccc1. The highest BCUT2D eigenvalue weighted by atomic mass is 16.2. The Balaban J connectivity index is 1.22. The van der Waals surface area contributed by atoms with Gasteiger partial charge in [-0.3, -0.25) is 0 Å². The van der Waals surface area contributed by atoms with Gasteiger partial charge in [0.2, 0.25) is 0 Å². The minimum atomic E-state index is 0.0137. The molecule has 2 aromatic rings. The van der Waals surface area contributed by atoms with Crippen LogP contribution in [0.4, 0.5) is 10.5 Å². The molecule has 1 atom stereocenters. The van der Waals surface area contributed by atoms with E-state index in [-0.39, 0.29) is 12.1 Å². The molecule has 2 aromatic carbocycles. The second kappa shape index (κ2) is 8.50.